The number of rotatable bonds is 3. The number of nitrogens with zero attached hydrogens (tertiary/aromatic N) is 2. The second kappa shape index (κ2) is 4.59. The minimum absolute atomic E-state index is 0.300. The second-order valence-corrected chi connectivity index (χ2v) is 3.67. The van der Waals surface area contributed by atoms with Gasteiger partial charge >= 0.3 is 0 Å². The first-order chi connectivity index (χ1) is 7.72. The summed E-state index contributed by atoms with van der Waals surface area (Å²) in [6.45, 7) is 0. The zero-order valence-corrected chi connectivity index (χ0v) is 9.29. The predicted octanol–water partition coefficient (Wildman–Crippen LogP) is 1.91. The lowest BCUT2D eigenvalue weighted by Crippen LogP contribution is -2.19. The third-order valence-electron chi connectivity index (χ3n) is 2.26. The maximum atomic E-state index is 13.2. The Kier molecular flexibility index (Phi) is 3.17. The highest BCUT2D eigenvalue weighted by atomic mass is 35.5. The Balaban J connectivity index is 2.44. The van der Waals surface area contributed by atoms with Crippen LogP contribution in [0.25, 0.3) is 0 Å². The van der Waals surface area contributed by atoms with Crippen LogP contribution in [0.2, 0.25) is 5.02 Å². The lowest BCUT2D eigenvalue weighted by Gasteiger charge is -2.15. The number of aromatic amines is 1. The molecule has 1 aromatic heterocycles. The van der Waals surface area contributed by atoms with Crippen molar-refractivity contribution in [3.8, 4) is 0 Å². The Morgan fingerprint density at radius 1 is 1.50 bits per heavy atom. The molecule has 2 aromatic rings. The Morgan fingerprint density at radius 3 is 2.94 bits per heavy atom. The van der Waals surface area contributed by atoms with Gasteiger partial charge in [-0.05, 0) is 30.8 Å². The van der Waals surface area contributed by atoms with Crippen molar-refractivity contribution in [2.24, 2.45) is 0 Å². The molecule has 2 N–H and O–H groups in total. The summed E-state index contributed by atoms with van der Waals surface area (Å²) in [7, 11) is 1.74. The number of hydrogen-bond acceptors (Lipinski definition) is 3. The van der Waals surface area contributed by atoms with Crippen LogP contribution in [-0.2, 0) is 0 Å². The van der Waals surface area contributed by atoms with Crippen LogP contribution < -0.4 is 5.32 Å². The normalized spacial score (nSPS) is 12.7. The molecule has 6 heteroatoms. The van der Waals surface area contributed by atoms with E-state index in [1.165, 1.54) is 24.5 Å². The van der Waals surface area contributed by atoms with Crippen molar-refractivity contribution in [2.75, 3.05) is 7.05 Å². The van der Waals surface area contributed by atoms with Gasteiger partial charge in [-0.3, -0.25) is 5.10 Å². The lowest BCUT2D eigenvalue weighted by atomic mass is 10.1. The first kappa shape index (κ1) is 11.0. The van der Waals surface area contributed by atoms with Gasteiger partial charge in [0, 0.05) is 5.02 Å². The Morgan fingerprint density at radius 2 is 2.31 bits per heavy atom. The summed E-state index contributed by atoms with van der Waals surface area (Å²) in [6.07, 6.45) is 1.40. The van der Waals surface area contributed by atoms with E-state index in [0.717, 1.165) is 0 Å². The molecule has 0 saturated carbocycles. The number of aromatic nitrogens is 3. The molecule has 1 atom stereocenters. The summed E-state index contributed by atoms with van der Waals surface area (Å²) >= 11 is 6.02. The molecule has 0 bridgehead atoms. The van der Waals surface area contributed by atoms with Gasteiger partial charge in [-0.25, -0.2) is 9.37 Å². The minimum Gasteiger partial charge on any atom is -0.307 e. The third kappa shape index (κ3) is 2.05. The van der Waals surface area contributed by atoms with E-state index in [1.807, 2.05) is 0 Å². The highest BCUT2D eigenvalue weighted by Gasteiger charge is 2.18. The highest BCUT2D eigenvalue weighted by molar-refractivity contribution is 6.31. The van der Waals surface area contributed by atoms with Crippen molar-refractivity contribution in [3.05, 3.63) is 46.8 Å². The summed E-state index contributed by atoms with van der Waals surface area (Å²) in [6, 6.07) is 3.92. The molecule has 1 heterocycles. The van der Waals surface area contributed by atoms with Crippen LogP contribution in [0.1, 0.15) is 17.4 Å². The van der Waals surface area contributed by atoms with Gasteiger partial charge in [0.15, 0.2) is 0 Å². The van der Waals surface area contributed by atoms with Gasteiger partial charge in [-0.1, -0.05) is 11.6 Å². The smallest absolute Gasteiger partial charge is 0.146 e. The quantitative estimate of drug-likeness (QED) is 0.862. The molecule has 0 aliphatic rings. The van der Waals surface area contributed by atoms with Crippen molar-refractivity contribution in [1.82, 2.24) is 20.5 Å². The fraction of sp³-hybridized carbons (Fsp3) is 0.200. The van der Waals surface area contributed by atoms with Gasteiger partial charge in [0.1, 0.15) is 18.0 Å². The molecule has 16 heavy (non-hydrogen) atoms. The van der Waals surface area contributed by atoms with E-state index in [2.05, 4.69) is 20.5 Å². The van der Waals surface area contributed by atoms with Gasteiger partial charge < -0.3 is 5.32 Å². The molecular formula is C10H10ClFN4. The molecule has 1 aromatic carbocycles. The van der Waals surface area contributed by atoms with E-state index in [0.29, 0.717) is 16.4 Å². The van der Waals surface area contributed by atoms with E-state index in [9.17, 15) is 4.39 Å². The highest BCUT2D eigenvalue weighted by Crippen LogP contribution is 2.26. The molecule has 0 saturated heterocycles. The zero-order chi connectivity index (χ0) is 11.5. The average Bonchev–Trinajstić information content (AvgIpc) is 2.78. The second-order valence-electron chi connectivity index (χ2n) is 3.26. The van der Waals surface area contributed by atoms with Gasteiger partial charge in [-0.2, -0.15) is 5.10 Å². The fourth-order valence-electron chi connectivity index (χ4n) is 1.53. The largest absolute Gasteiger partial charge is 0.307 e. The number of hydrogen-bond donors (Lipinski definition) is 2. The summed E-state index contributed by atoms with van der Waals surface area (Å²) in [5.74, 6) is 0.258. The maximum Gasteiger partial charge on any atom is 0.146 e. The molecule has 84 valence electrons. The maximum absolute atomic E-state index is 13.2. The molecule has 0 aliphatic carbocycles. The average molecular weight is 241 g/mol. The van der Waals surface area contributed by atoms with Crippen LogP contribution in [0.3, 0.4) is 0 Å². The van der Waals surface area contributed by atoms with E-state index in [4.69, 9.17) is 11.6 Å². The van der Waals surface area contributed by atoms with E-state index in [1.54, 1.807) is 7.05 Å². The van der Waals surface area contributed by atoms with E-state index in [-0.39, 0.29) is 11.9 Å². The van der Waals surface area contributed by atoms with Crippen LogP contribution in [0.4, 0.5) is 4.39 Å². The molecule has 0 aliphatic heterocycles. The molecule has 1 unspecified atom stereocenters. The van der Waals surface area contributed by atoms with Crippen molar-refractivity contribution in [2.45, 2.75) is 6.04 Å². The minimum atomic E-state index is -0.334. The van der Waals surface area contributed by atoms with Gasteiger partial charge in [0.05, 0.1) is 6.04 Å². The number of benzene rings is 1. The SMILES string of the molecule is CNC(c1ncn[nH]1)c1cc(F)ccc1Cl. The summed E-state index contributed by atoms with van der Waals surface area (Å²) < 4.78 is 13.2. The van der Waals surface area contributed by atoms with Gasteiger partial charge in [0.2, 0.25) is 0 Å². The zero-order valence-electron chi connectivity index (χ0n) is 8.54. The fourth-order valence-corrected chi connectivity index (χ4v) is 1.76. The van der Waals surface area contributed by atoms with Crippen molar-refractivity contribution in [1.29, 1.82) is 0 Å². The van der Waals surface area contributed by atoms with E-state index >= 15 is 0 Å². The summed E-state index contributed by atoms with van der Waals surface area (Å²) in [5, 5.41) is 9.97. The lowest BCUT2D eigenvalue weighted by molar-refractivity contribution is 0.609. The molecule has 0 amide bonds. The van der Waals surface area contributed by atoms with Crippen molar-refractivity contribution in [3.63, 3.8) is 0 Å². The number of halogens is 2. The Hall–Kier alpha value is -1.46. The summed E-state index contributed by atoms with van der Waals surface area (Å²) in [5.41, 5.74) is 0.626. The number of nitrogens with one attached hydrogen (secondary N) is 2. The molecule has 4 nitrogen and oxygen atoms in total. The van der Waals surface area contributed by atoms with Crippen molar-refractivity contribution >= 4 is 11.6 Å². The Labute approximate surface area is 96.9 Å². The standard InChI is InChI=1S/C10H10ClFN4/c1-13-9(10-14-5-15-16-10)7-4-6(12)2-3-8(7)11/h2-5,9,13H,1H3,(H,14,15,16). The van der Waals surface area contributed by atoms with Crippen LogP contribution in [0.5, 0.6) is 0 Å². The van der Waals surface area contributed by atoms with Gasteiger partial charge in [0.25, 0.3) is 0 Å². The third-order valence-corrected chi connectivity index (χ3v) is 2.61. The molecule has 0 radical (unpaired) electrons. The van der Waals surface area contributed by atoms with Crippen LogP contribution >= 0.6 is 11.6 Å². The topological polar surface area (TPSA) is 53.6 Å². The molecule has 2 rings (SSSR count). The first-order valence-electron chi connectivity index (χ1n) is 4.70. The van der Waals surface area contributed by atoms with Crippen LogP contribution in [0, 0.1) is 5.82 Å². The summed E-state index contributed by atoms with van der Waals surface area (Å²) in [4.78, 5) is 4.02. The molecule has 0 spiro atoms. The predicted molar refractivity (Wildman–Crippen MR) is 58.7 cm³/mol. The van der Waals surface area contributed by atoms with Crippen LogP contribution in [-0.4, -0.2) is 22.2 Å². The monoisotopic (exact) mass is 240 g/mol. The molecular weight excluding hydrogens is 231 g/mol. The van der Waals surface area contributed by atoms with Crippen LogP contribution in [0.15, 0.2) is 24.5 Å². The van der Waals surface area contributed by atoms with Crippen molar-refractivity contribution < 1.29 is 4.39 Å². The molecule has 0 fully saturated rings. The van der Waals surface area contributed by atoms with Gasteiger partial charge in [-0.15, -0.1) is 0 Å². The number of H-pyrrole nitrogens is 1. The van der Waals surface area contributed by atoms with E-state index < -0.39 is 0 Å². The Bertz CT molecular complexity index is 472. The first-order valence-corrected chi connectivity index (χ1v) is 5.07.